The van der Waals surface area contributed by atoms with Gasteiger partial charge in [0, 0.05) is 22.1 Å². The Bertz CT molecular complexity index is 639. The van der Waals surface area contributed by atoms with Crippen molar-refractivity contribution in [2.24, 2.45) is 5.73 Å². The summed E-state index contributed by atoms with van der Waals surface area (Å²) >= 11 is 3.38. The first-order valence-corrected chi connectivity index (χ1v) is 7.36. The van der Waals surface area contributed by atoms with Gasteiger partial charge in [0.25, 0.3) is 5.91 Å². The molecule has 0 aromatic heterocycles. The normalized spacial score (nSPS) is 20.5. The van der Waals surface area contributed by atoms with E-state index in [4.69, 9.17) is 5.73 Å². The van der Waals surface area contributed by atoms with Gasteiger partial charge in [-0.15, -0.1) is 0 Å². The van der Waals surface area contributed by atoms with Crippen molar-refractivity contribution in [3.8, 4) is 0 Å². The molecule has 1 saturated carbocycles. The molecule has 3 N–H and O–H groups in total. The molecule has 1 amide bonds. The molecular formula is C16H15BrN2O. The van der Waals surface area contributed by atoms with Crippen LogP contribution < -0.4 is 11.1 Å². The van der Waals surface area contributed by atoms with Gasteiger partial charge in [-0.05, 0) is 52.2 Å². The second kappa shape index (κ2) is 5.38. The first-order valence-electron chi connectivity index (χ1n) is 6.56. The van der Waals surface area contributed by atoms with Crippen molar-refractivity contribution >= 4 is 27.5 Å². The minimum absolute atomic E-state index is 0.117. The van der Waals surface area contributed by atoms with E-state index in [9.17, 15) is 4.79 Å². The largest absolute Gasteiger partial charge is 0.327 e. The number of rotatable bonds is 3. The quantitative estimate of drug-likeness (QED) is 0.904. The molecule has 0 aliphatic heterocycles. The summed E-state index contributed by atoms with van der Waals surface area (Å²) in [6.45, 7) is 0. The maximum absolute atomic E-state index is 12.2. The summed E-state index contributed by atoms with van der Waals surface area (Å²) < 4.78 is 0.790. The Balaban J connectivity index is 1.71. The fourth-order valence-corrected chi connectivity index (χ4v) is 2.72. The molecule has 0 saturated heterocycles. The van der Waals surface area contributed by atoms with Crippen molar-refractivity contribution in [2.45, 2.75) is 18.4 Å². The molecule has 20 heavy (non-hydrogen) atoms. The van der Waals surface area contributed by atoms with Gasteiger partial charge >= 0.3 is 0 Å². The Morgan fingerprint density at radius 3 is 2.40 bits per heavy atom. The second-order valence-electron chi connectivity index (χ2n) is 5.06. The Morgan fingerprint density at radius 2 is 1.80 bits per heavy atom. The van der Waals surface area contributed by atoms with Gasteiger partial charge in [-0.25, -0.2) is 0 Å². The Labute approximate surface area is 126 Å². The molecule has 0 spiro atoms. The first kappa shape index (κ1) is 13.3. The van der Waals surface area contributed by atoms with Crippen LogP contribution in [-0.2, 0) is 0 Å². The van der Waals surface area contributed by atoms with Crippen LogP contribution in [0, 0.1) is 0 Å². The molecule has 0 unspecified atom stereocenters. The highest BCUT2D eigenvalue weighted by molar-refractivity contribution is 9.10. The standard InChI is InChI=1S/C16H15BrN2O/c17-14-4-2-1-3-12(14)16(20)19-11-7-5-10(6-8-11)13-9-15(13)18/h1-8,13,15H,9,18H2,(H,19,20)/t13-,15+/m0/s1. The molecule has 2 aromatic rings. The third kappa shape index (κ3) is 2.76. The van der Waals surface area contributed by atoms with Crippen LogP contribution in [0.5, 0.6) is 0 Å². The highest BCUT2D eigenvalue weighted by Crippen LogP contribution is 2.39. The van der Waals surface area contributed by atoms with Crippen LogP contribution in [0.3, 0.4) is 0 Å². The van der Waals surface area contributed by atoms with Crippen molar-refractivity contribution < 1.29 is 4.79 Å². The number of hydrogen-bond acceptors (Lipinski definition) is 2. The van der Waals surface area contributed by atoms with E-state index in [-0.39, 0.29) is 5.91 Å². The van der Waals surface area contributed by atoms with Crippen molar-refractivity contribution in [1.29, 1.82) is 0 Å². The fourth-order valence-electron chi connectivity index (χ4n) is 2.26. The molecule has 1 fully saturated rings. The van der Waals surface area contributed by atoms with E-state index in [1.54, 1.807) is 6.07 Å². The summed E-state index contributed by atoms with van der Waals surface area (Å²) in [7, 11) is 0. The Hall–Kier alpha value is -1.65. The van der Waals surface area contributed by atoms with Gasteiger partial charge in [0.1, 0.15) is 0 Å². The zero-order valence-corrected chi connectivity index (χ0v) is 12.4. The molecule has 0 heterocycles. The van der Waals surface area contributed by atoms with E-state index >= 15 is 0 Å². The summed E-state index contributed by atoms with van der Waals surface area (Å²) in [4.78, 5) is 12.2. The minimum Gasteiger partial charge on any atom is -0.327 e. The summed E-state index contributed by atoms with van der Waals surface area (Å²) in [5.74, 6) is 0.372. The van der Waals surface area contributed by atoms with Crippen LogP contribution >= 0.6 is 15.9 Å². The molecule has 102 valence electrons. The Morgan fingerprint density at radius 1 is 1.15 bits per heavy atom. The number of hydrogen-bond donors (Lipinski definition) is 2. The number of anilines is 1. The van der Waals surface area contributed by atoms with E-state index < -0.39 is 0 Å². The van der Waals surface area contributed by atoms with Crippen molar-refractivity contribution in [3.63, 3.8) is 0 Å². The fraction of sp³-hybridized carbons (Fsp3) is 0.188. The van der Waals surface area contributed by atoms with Crippen LogP contribution in [0.2, 0.25) is 0 Å². The molecule has 4 heteroatoms. The molecule has 0 radical (unpaired) electrons. The second-order valence-corrected chi connectivity index (χ2v) is 5.92. The molecular weight excluding hydrogens is 316 g/mol. The number of halogens is 1. The summed E-state index contributed by atoms with van der Waals surface area (Å²) in [5, 5.41) is 2.90. The first-order chi connectivity index (χ1) is 9.65. The monoisotopic (exact) mass is 330 g/mol. The number of carbonyl (C=O) groups is 1. The molecule has 2 aromatic carbocycles. The van der Waals surface area contributed by atoms with E-state index in [0.717, 1.165) is 16.6 Å². The maximum atomic E-state index is 12.2. The van der Waals surface area contributed by atoms with Gasteiger partial charge in [0.05, 0.1) is 5.56 Å². The van der Waals surface area contributed by atoms with Crippen molar-refractivity contribution in [2.75, 3.05) is 5.32 Å². The van der Waals surface area contributed by atoms with E-state index in [1.807, 2.05) is 42.5 Å². The predicted molar refractivity (Wildman–Crippen MR) is 83.9 cm³/mol. The molecule has 1 aliphatic carbocycles. The summed E-state index contributed by atoms with van der Waals surface area (Å²) in [5.41, 5.74) is 8.50. The van der Waals surface area contributed by atoms with Crippen LogP contribution in [0.4, 0.5) is 5.69 Å². The molecule has 1 aliphatic rings. The average molecular weight is 331 g/mol. The number of nitrogens with two attached hydrogens (primary N) is 1. The highest BCUT2D eigenvalue weighted by atomic mass is 79.9. The number of carbonyl (C=O) groups excluding carboxylic acids is 1. The lowest BCUT2D eigenvalue weighted by molar-refractivity contribution is 0.102. The lowest BCUT2D eigenvalue weighted by Crippen LogP contribution is -2.12. The van der Waals surface area contributed by atoms with Crippen LogP contribution in [0.15, 0.2) is 53.0 Å². The van der Waals surface area contributed by atoms with E-state index in [2.05, 4.69) is 21.2 Å². The van der Waals surface area contributed by atoms with E-state index in [1.165, 1.54) is 5.56 Å². The topological polar surface area (TPSA) is 55.1 Å². The molecule has 3 nitrogen and oxygen atoms in total. The lowest BCUT2D eigenvalue weighted by Gasteiger charge is -2.07. The number of benzene rings is 2. The van der Waals surface area contributed by atoms with Crippen LogP contribution in [0.25, 0.3) is 0 Å². The van der Waals surface area contributed by atoms with Gasteiger partial charge in [0.15, 0.2) is 0 Å². The molecule has 0 bridgehead atoms. The predicted octanol–water partition coefficient (Wildman–Crippen LogP) is 3.52. The molecule has 2 atom stereocenters. The van der Waals surface area contributed by atoms with Gasteiger partial charge in [0.2, 0.25) is 0 Å². The SMILES string of the molecule is N[C@@H]1C[C@H]1c1ccc(NC(=O)c2ccccc2Br)cc1. The van der Waals surface area contributed by atoms with Gasteiger partial charge in [-0.2, -0.15) is 0 Å². The maximum Gasteiger partial charge on any atom is 0.256 e. The average Bonchev–Trinajstić information content (AvgIpc) is 3.17. The third-order valence-electron chi connectivity index (χ3n) is 3.55. The highest BCUT2D eigenvalue weighted by Gasteiger charge is 2.34. The van der Waals surface area contributed by atoms with Gasteiger partial charge in [-0.3, -0.25) is 4.79 Å². The lowest BCUT2D eigenvalue weighted by atomic mass is 10.1. The zero-order valence-electron chi connectivity index (χ0n) is 10.8. The third-order valence-corrected chi connectivity index (χ3v) is 4.25. The molecule has 3 rings (SSSR count). The smallest absolute Gasteiger partial charge is 0.256 e. The van der Waals surface area contributed by atoms with Gasteiger partial charge in [-0.1, -0.05) is 24.3 Å². The van der Waals surface area contributed by atoms with Crippen molar-refractivity contribution in [3.05, 3.63) is 64.1 Å². The van der Waals surface area contributed by atoms with Crippen LogP contribution in [0.1, 0.15) is 28.3 Å². The zero-order chi connectivity index (χ0) is 14.1. The van der Waals surface area contributed by atoms with Crippen molar-refractivity contribution in [1.82, 2.24) is 0 Å². The minimum atomic E-state index is -0.117. The number of nitrogens with one attached hydrogen (secondary N) is 1. The number of amides is 1. The van der Waals surface area contributed by atoms with E-state index in [0.29, 0.717) is 17.5 Å². The Kier molecular flexibility index (Phi) is 3.59. The van der Waals surface area contributed by atoms with Crippen LogP contribution in [-0.4, -0.2) is 11.9 Å². The summed E-state index contributed by atoms with van der Waals surface area (Å²) in [6, 6.07) is 15.6. The van der Waals surface area contributed by atoms with Gasteiger partial charge < -0.3 is 11.1 Å². The summed E-state index contributed by atoms with van der Waals surface area (Å²) in [6.07, 6.45) is 1.06.